The summed E-state index contributed by atoms with van der Waals surface area (Å²) < 4.78 is 5.24. The van der Waals surface area contributed by atoms with Gasteiger partial charge in [0.1, 0.15) is 17.4 Å². The molecular formula is C13H11N3O2. The molecule has 5 heteroatoms. The van der Waals surface area contributed by atoms with E-state index in [-0.39, 0.29) is 5.56 Å². The van der Waals surface area contributed by atoms with E-state index in [0.717, 1.165) is 11.1 Å². The summed E-state index contributed by atoms with van der Waals surface area (Å²) in [4.78, 5) is 11.3. The first kappa shape index (κ1) is 11.9. The van der Waals surface area contributed by atoms with E-state index in [1.165, 1.54) is 6.07 Å². The van der Waals surface area contributed by atoms with Gasteiger partial charge in [-0.05, 0) is 25.1 Å². The van der Waals surface area contributed by atoms with Crippen LogP contribution in [0, 0.1) is 18.3 Å². The Morgan fingerprint density at radius 2 is 2.17 bits per heavy atom. The minimum atomic E-state index is -0.493. The molecule has 0 unspecified atom stereocenters. The third-order valence-corrected chi connectivity index (χ3v) is 2.55. The maximum absolute atomic E-state index is 11.3. The van der Waals surface area contributed by atoms with E-state index < -0.39 is 5.56 Å². The molecule has 0 aliphatic carbocycles. The molecule has 1 heterocycles. The summed E-state index contributed by atoms with van der Waals surface area (Å²) in [6.07, 6.45) is 0. The molecule has 1 aromatic carbocycles. The highest BCUT2D eigenvalue weighted by molar-refractivity contribution is 5.68. The molecule has 0 aliphatic heterocycles. The highest BCUT2D eigenvalue weighted by atomic mass is 16.5. The number of nitriles is 1. The Labute approximate surface area is 104 Å². The topological polar surface area (TPSA) is 78.8 Å². The van der Waals surface area contributed by atoms with Gasteiger partial charge in [-0.15, -0.1) is 0 Å². The summed E-state index contributed by atoms with van der Waals surface area (Å²) in [6.45, 7) is 1.94. The molecular weight excluding hydrogens is 230 g/mol. The third kappa shape index (κ3) is 2.09. The van der Waals surface area contributed by atoms with Gasteiger partial charge in [0.2, 0.25) is 0 Å². The second-order valence-electron chi connectivity index (χ2n) is 3.81. The number of nitrogens with one attached hydrogen (secondary N) is 1. The third-order valence-electron chi connectivity index (χ3n) is 2.55. The highest BCUT2D eigenvalue weighted by Crippen LogP contribution is 2.28. The van der Waals surface area contributed by atoms with Crippen LogP contribution < -0.4 is 10.3 Å². The Bertz CT molecular complexity index is 683. The van der Waals surface area contributed by atoms with E-state index in [1.807, 2.05) is 31.2 Å². The number of aryl methyl sites for hydroxylation is 1. The van der Waals surface area contributed by atoms with Crippen LogP contribution in [0.25, 0.3) is 11.3 Å². The van der Waals surface area contributed by atoms with Crippen LogP contribution in [-0.4, -0.2) is 17.3 Å². The van der Waals surface area contributed by atoms with E-state index >= 15 is 0 Å². The first-order chi connectivity index (χ1) is 8.65. The number of aromatic amines is 1. The molecule has 0 saturated carbocycles. The fourth-order valence-corrected chi connectivity index (χ4v) is 1.65. The van der Waals surface area contributed by atoms with E-state index in [2.05, 4.69) is 10.2 Å². The van der Waals surface area contributed by atoms with Crippen molar-refractivity contribution in [2.45, 2.75) is 6.92 Å². The molecule has 90 valence electrons. The summed E-state index contributed by atoms with van der Waals surface area (Å²) in [5.41, 5.74) is 1.82. The van der Waals surface area contributed by atoms with Gasteiger partial charge < -0.3 is 4.74 Å². The number of nitrogens with zero attached hydrogens (tertiary/aromatic N) is 2. The van der Waals surface area contributed by atoms with Crippen molar-refractivity contribution >= 4 is 0 Å². The number of hydrogen-bond donors (Lipinski definition) is 1. The lowest BCUT2D eigenvalue weighted by atomic mass is 10.1. The lowest BCUT2D eigenvalue weighted by Gasteiger charge is -2.08. The lowest BCUT2D eigenvalue weighted by molar-refractivity contribution is 0.416. The molecule has 0 spiro atoms. The Morgan fingerprint density at radius 3 is 2.83 bits per heavy atom. The summed E-state index contributed by atoms with van der Waals surface area (Å²) in [5.74, 6) is 0.643. The molecule has 1 N–H and O–H groups in total. The fourth-order valence-electron chi connectivity index (χ4n) is 1.65. The summed E-state index contributed by atoms with van der Waals surface area (Å²) in [6, 6.07) is 8.92. The SMILES string of the molecule is COc1ccc(C)cc1-c1cc(C#N)c(=O)[nH]n1. The van der Waals surface area contributed by atoms with Crippen LogP contribution in [0.1, 0.15) is 11.1 Å². The van der Waals surface area contributed by atoms with Gasteiger partial charge in [0, 0.05) is 5.56 Å². The second kappa shape index (κ2) is 4.72. The van der Waals surface area contributed by atoms with Crippen molar-refractivity contribution in [2.24, 2.45) is 0 Å². The average Bonchev–Trinajstić information content (AvgIpc) is 2.39. The van der Waals surface area contributed by atoms with Gasteiger partial charge in [0.05, 0.1) is 12.8 Å². The minimum absolute atomic E-state index is 0.0311. The quantitative estimate of drug-likeness (QED) is 0.866. The normalized spacial score (nSPS) is 9.83. The van der Waals surface area contributed by atoms with Crippen LogP contribution in [-0.2, 0) is 0 Å². The van der Waals surface area contributed by atoms with Gasteiger partial charge in [-0.1, -0.05) is 11.6 Å². The molecule has 0 fully saturated rings. The van der Waals surface area contributed by atoms with Crippen LogP contribution in [0.3, 0.4) is 0 Å². The molecule has 0 bridgehead atoms. The maximum Gasteiger partial charge on any atom is 0.282 e. The number of H-pyrrole nitrogens is 1. The van der Waals surface area contributed by atoms with Gasteiger partial charge in [-0.2, -0.15) is 10.4 Å². The Balaban J connectivity index is 2.65. The number of hydrogen-bond acceptors (Lipinski definition) is 4. The fraction of sp³-hybridized carbons (Fsp3) is 0.154. The van der Waals surface area contributed by atoms with E-state index in [9.17, 15) is 4.79 Å². The first-order valence-electron chi connectivity index (χ1n) is 5.30. The molecule has 5 nitrogen and oxygen atoms in total. The Kier molecular flexibility index (Phi) is 3.11. The zero-order valence-electron chi connectivity index (χ0n) is 10.0. The molecule has 2 rings (SSSR count). The van der Waals surface area contributed by atoms with Gasteiger partial charge in [-0.25, -0.2) is 5.10 Å². The first-order valence-corrected chi connectivity index (χ1v) is 5.30. The van der Waals surface area contributed by atoms with Gasteiger partial charge in [0.25, 0.3) is 5.56 Å². The van der Waals surface area contributed by atoms with Crippen molar-refractivity contribution in [2.75, 3.05) is 7.11 Å². The molecule has 1 aromatic heterocycles. The van der Waals surface area contributed by atoms with Crippen molar-refractivity contribution in [3.8, 4) is 23.1 Å². The Hall–Kier alpha value is -2.61. The zero-order valence-corrected chi connectivity index (χ0v) is 10.0. The number of rotatable bonds is 2. The predicted molar refractivity (Wildman–Crippen MR) is 66.3 cm³/mol. The van der Waals surface area contributed by atoms with Crippen molar-refractivity contribution in [3.63, 3.8) is 0 Å². The molecule has 0 amide bonds. The average molecular weight is 241 g/mol. The zero-order chi connectivity index (χ0) is 13.1. The second-order valence-corrected chi connectivity index (χ2v) is 3.81. The van der Waals surface area contributed by atoms with Crippen molar-refractivity contribution in [3.05, 3.63) is 45.7 Å². The minimum Gasteiger partial charge on any atom is -0.496 e. The Morgan fingerprint density at radius 1 is 1.39 bits per heavy atom. The maximum atomic E-state index is 11.3. The number of ether oxygens (including phenoxy) is 1. The highest BCUT2D eigenvalue weighted by Gasteiger charge is 2.10. The monoisotopic (exact) mass is 241 g/mol. The van der Waals surface area contributed by atoms with Gasteiger partial charge in [0.15, 0.2) is 0 Å². The molecule has 18 heavy (non-hydrogen) atoms. The lowest BCUT2D eigenvalue weighted by Crippen LogP contribution is -2.12. The standard InChI is InChI=1S/C13H11N3O2/c1-8-3-4-12(18-2)10(5-8)11-6-9(7-14)13(17)16-15-11/h3-6H,1-2H3,(H,16,17). The predicted octanol–water partition coefficient (Wildman–Crippen LogP) is 1.63. The molecule has 0 saturated heterocycles. The number of aromatic nitrogens is 2. The number of benzene rings is 1. The molecule has 0 atom stereocenters. The van der Waals surface area contributed by atoms with Crippen LogP contribution in [0.15, 0.2) is 29.1 Å². The molecule has 2 aromatic rings. The van der Waals surface area contributed by atoms with Crippen molar-refractivity contribution in [1.82, 2.24) is 10.2 Å². The van der Waals surface area contributed by atoms with Crippen LogP contribution in [0.5, 0.6) is 5.75 Å². The van der Waals surface area contributed by atoms with E-state index in [1.54, 1.807) is 7.11 Å². The van der Waals surface area contributed by atoms with Gasteiger partial charge in [-0.3, -0.25) is 4.79 Å². The van der Waals surface area contributed by atoms with Crippen molar-refractivity contribution < 1.29 is 4.74 Å². The van der Waals surface area contributed by atoms with Gasteiger partial charge >= 0.3 is 0 Å². The smallest absolute Gasteiger partial charge is 0.282 e. The summed E-state index contributed by atoms with van der Waals surface area (Å²) in [5, 5.41) is 15.1. The number of methoxy groups -OCH3 is 1. The van der Waals surface area contributed by atoms with E-state index in [0.29, 0.717) is 11.4 Å². The van der Waals surface area contributed by atoms with Crippen LogP contribution in [0.4, 0.5) is 0 Å². The molecule has 0 radical (unpaired) electrons. The van der Waals surface area contributed by atoms with Crippen LogP contribution >= 0.6 is 0 Å². The van der Waals surface area contributed by atoms with E-state index in [4.69, 9.17) is 10.00 Å². The molecule has 0 aliphatic rings. The largest absolute Gasteiger partial charge is 0.496 e. The summed E-state index contributed by atoms with van der Waals surface area (Å²) >= 11 is 0. The summed E-state index contributed by atoms with van der Waals surface area (Å²) in [7, 11) is 1.56. The van der Waals surface area contributed by atoms with Crippen LogP contribution in [0.2, 0.25) is 0 Å². The van der Waals surface area contributed by atoms with Crippen molar-refractivity contribution in [1.29, 1.82) is 5.26 Å².